The molecule has 0 saturated heterocycles. The van der Waals surface area contributed by atoms with Crippen LogP contribution in [0.3, 0.4) is 0 Å². The van der Waals surface area contributed by atoms with E-state index in [1.807, 2.05) is 30.3 Å². The van der Waals surface area contributed by atoms with Crippen molar-refractivity contribution in [2.45, 2.75) is 32.2 Å². The van der Waals surface area contributed by atoms with Crippen molar-refractivity contribution >= 4 is 5.82 Å². The number of H-pyrrole nitrogens is 1. The number of aryl methyl sites for hydroxylation is 1. The Morgan fingerprint density at radius 3 is 2.78 bits per heavy atom. The molecular formula is C18H21N5. The molecule has 0 amide bonds. The molecule has 118 valence electrons. The summed E-state index contributed by atoms with van der Waals surface area (Å²) < 4.78 is 2.15. The summed E-state index contributed by atoms with van der Waals surface area (Å²) in [5.41, 5.74) is 3.29. The van der Waals surface area contributed by atoms with Crippen molar-refractivity contribution in [3.63, 3.8) is 0 Å². The number of anilines is 1. The van der Waals surface area contributed by atoms with Crippen molar-refractivity contribution < 1.29 is 0 Å². The molecule has 2 N–H and O–H groups in total. The highest BCUT2D eigenvalue weighted by atomic mass is 15.0. The molecule has 3 aromatic heterocycles. The second kappa shape index (κ2) is 5.91. The van der Waals surface area contributed by atoms with Crippen LogP contribution in [0.4, 0.5) is 5.82 Å². The summed E-state index contributed by atoms with van der Waals surface area (Å²) in [5.74, 6) is 2.41. The van der Waals surface area contributed by atoms with E-state index in [0.717, 1.165) is 30.4 Å². The van der Waals surface area contributed by atoms with Crippen molar-refractivity contribution in [2.75, 3.05) is 11.9 Å². The number of aromatic amines is 1. The van der Waals surface area contributed by atoms with Gasteiger partial charge in [0, 0.05) is 37.1 Å². The second-order valence-electron chi connectivity index (χ2n) is 6.13. The summed E-state index contributed by atoms with van der Waals surface area (Å²) in [6, 6.07) is 10.1. The Morgan fingerprint density at radius 2 is 2.00 bits per heavy atom. The van der Waals surface area contributed by atoms with Crippen LogP contribution in [0.15, 0.2) is 42.7 Å². The molecule has 0 unspecified atom stereocenters. The van der Waals surface area contributed by atoms with Crippen LogP contribution in [0.5, 0.6) is 0 Å². The van der Waals surface area contributed by atoms with Gasteiger partial charge in [-0.25, -0.2) is 9.97 Å². The number of nitrogens with zero attached hydrogens (tertiary/aromatic N) is 3. The number of hydrogen-bond donors (Lipinski definition) is 2. The molecule has 5 heteroatoms. The van der Waals surface area contributed by atoms with Gasteiger partial charge in [-0.2, -0.15) is 0 Å². The summed E-state index contributed by atoms with van der Waals surface area (Å²) in [4.78, 5) is 12.8. The maximum atomic E-state index is 4.75. The Kier molecular flexibility index (Phi) is 3.61. The zero-order valence-electron chi connectivity index (χ0n) is 13.3. The van der Waals surface area contributed by atoms with E-state index in [9.17, 15) is 0 Å². The number of nitrogens with one attached hydrogen (secondary N) is 2. The summed E-state index contributed by atoms with van der Waals surface area (Å²) >= 11 is 0. The first kappa shape index (κ1) is 14.1. The highest BCUT2D eigenvalue weighted by Gasteiger charge is 2.28. The van der Waals surface area contributed by atoms with E-state index in [0.29, 0.717) is 5.92 Å². The van der Waals surface area contributed by atoms with E-state index < -0.39 is 0 Å². The topological polar surface area (TPSA) is 58.5 Å². The Labute approximate surface area is 135 Å². The van der Waals surface area contributed by atoms with Crippen LogP contribution in [-0.2, 0) is 6.54 Å². The normalized spacial score (nSPS) is 14.1. The van der Waals surface area contributed by atoms with Crippen LogP contribution >= 0.6 is 0 Å². The van der Waals surface area contributed by atoms with E-state index in [4.69, 9.17) is 4.98 Å². The molecule has 0 bridgehead atoms. The molecule has 1 fully saturated rings. The fourth-order valence-electron chi connectivity index (χ4n) is 2.85. The molecule has 0 aromatic carbocycles. The van der Waals surface area contributed by atoms with Crippen molar-refractivity contribution in [2.24, 2.45) is 0 Å². The van der Waals surface area contributed by atoms with Gasteiger partial charge < -0.3 is 14.9 Å². The second-order valence-corrected chi connectivity index (χ2v) is 6.13. The average molecular weight is 307 g/mol. The molecule has 3 heterocycles. The predicted octanol–water partition coefficient (Wildman–Crippen LogP) is 3.57. The van der Waals surface area contributed by atoms with Gasteiger partial charge in [-0.3, -0.25) is 0 Å². The number of aromatic nitrogens is 4. The van der Waals surface area contributed by atoms with E-state index in [2.05, 4.69) is 39.2 Å². The van der Waals surface area contributed by atoms with Gasteiger partial charge in [-0.15, -0.1) is 0 Å². The Morgan fingerprint density at radius 1 is 1.17 bits per heavy atom. The summed E-state index contributed by atoms with van der Waals surface area (Å²) in [7, 11) is 0. The van der Waals surface area contributed by atoms with E-state index >= 15 is 0 Å². The van der Waals surface area contributed by atoms with Gasteiger partial charge in [-0.05, 0) is 44.0 Å². The zero-order valence-corrected chi connectivity index (χ0v) is 13.3. The van der Waals surface area contributed by atoms with Gasteiger partial charge in [0.15, 0.2) is 5.82 Å². The Bertz CT molecular complexity index is 784. The van der Waals surface area contributed by atoms with E-state index in [1.54, 1.807) is 0 Å². The van der Waals surface area contributed by atoms with Gasteiger partial charge in [0.25, 0.3) is 0 Å². The molecule has 0 spiro atoms. The Balaban J connectivity index is 1.46. The summed E-state index contributed by atoms with van der Waals surface area (Å²) in [6.45, 7) is 3.86. The molecule has 5 nitrogen and oxygen atoms in total. The molecule has 4 rings (SSSR count). The minimum Gasteiger partial charge on any atom is -0.368 e. The smallest absolute Gasteiger partial charge is 0.156 e. The predicted molar refractivity (Wildman–Crippen MR) is 91.5 cm³/mol. The fraction of sp³-hybridized carbons (Fsp3) is 0.333. The molecule has 23 heavy (non-hydrogen) atoms. The maximum absolute atomic E-state index is 4.75. The number of pyridine rings is 1. The minimum atomic E-state index is 0.655. The summed E-state index contributed by atoms with van der Waals surface area (Å²) in [5, 5.41) is 3.38. The third kappa shape index (κ3) is 3.13. The van der Waals surface area contributed by atoms with Crippen molar-refractivity contribution in [1.29, 1.82) is 0 Å². The lowest BCUT2D eigenvalue weighted by Gasteiger charge is -2.07. The largest absolute Gasteiger partial charge is 0.368 e. The standard InChI is InChI=1S/C18H21N5/c1-13-17(14-7-8-14)22-18(20-13)15-5-4-6-16(21-15)19-9-12-23-10-2-3-11-23/h2-6,10-11,14H,7-9,12H2,1H3,(H,19,21)(H,20,22). The first-order valence-corrected chi connectivity index (χ1v) is 8.18. The van der Waals surface area contributed by atoms with Gasteiger partial charge in [0.05, 0.1) is 5.69 Å². The third-order valence-electron chi connectivity index (χ3n) is 4.22. The molecule has 1 aliphatic carbocycles. The third-order valence-corrected chi connectivity index (χ3v) is 4.22. The van der Waals surface area contributed by atoms with Crippen LogP contribution in [0.25, 0.3) is 11.5 Å². The monoisotopic (exact) mass is 307 g/mol. The first-order chi connectivity index (χ1) is 11.3. The van der Waals surface area contributed by atoms with Crippen LogP contribution in [0, 0.1) is 6.92 Å². The molecule has 0 aliphatic heterocycles. The molecular weight excluding hydrogens is 286 g/mol. The maximum Gasteiger partial charge on any atom is 0.156 e. The Hall–Kier alpha value is -2.56. The summed E-state index contributed by atoms with van der Waals surface area (Å²) in [6.07, 6.45) is 6.66. The van der Waals surface area contributed by atoms with Gasteiger partial charge in [0.2, 0.25) is 0 Å². The zero-order chi connectivity index (χ0) is 15.6. The average Bonchev–Trinajstić information content (AvgIpc) is 3.12. The van der Waals surface area contributed by atoms with Gasteiger partial charge in [-0.1, -0.05) is 6.07 Å². The highest BCUT2D eigenvalue weighted by molar-refractivity contribution is 5.54. The SMILES string of the molecule is Cc1[nH]c(-c2cccc(NCCn3cccc3)n2)nc1C1CC1. The van der Waals surface area contributed by atoms with Gasteiger partial charge in [0.1, 0.15) is 11.5 Å². The van der Waals surface area contributed by atoms with Crippen LogP contribution in [0.2, 0.25) is 0 Å². The van der Waals surface area contributed by atoms with Gasteiger partial charge >= 0.3 is 0 Å². The fourth-order valence-corrected chi connectivity index (χ4v) is 2.85. The minimum absolute atomic E-state index is 0.655. The lowest BCUT2D eigenvalue weighted by Crippen LogP contribution is -2.10. The van der Waals surface area contributed by atoms with Crippen LogP contribution in [-0.4, -0.2) is 26.1 Å². The van der Waals surface area contributed by atoms with Crippen LogP contribution < -0.4 is 5.32 Å². The van der Waals surface area contributed by atoms with E-state index in [-0.39, 0.29) is 0 Å². The number of hydrogen-bond acceptors (Lipinski definition) is 3. The van der Waals surface area contributed by atoms with Crippen molar-refractivity contribution in [1.82, 2.24) is 19.5 Å². The number of imidazole rings is 1. The van der Waals surface area contributed by atoms with Crippen molar-refractivity contribution in [3.05, 3.63) is 54.1 Å². The van der Waals surface area contributed by atoms with Crippen molar-refractivity contribution in [3.8, 4) is 11.5 Å². The molecule has 1 saturated carbocycles. The quantitative estimate of drug-likeness (QED) is 0.732. The molecule has 0 radical (unpaired) electrons. The lowest BCUT2D eigenvalue weighted by atomic mass is 10.2. The first-order valence-electron chi connectivity index (χ1n) is 8.18. The highest BCUT2D eigenvalue weighted by Crippen LogP contribution is 2.41. The molecule has 3 aromatic rings. The van der Waals surface area contributed by atoms with Crippen LogP contribution in [0.1, 0.15) is 30.1 Å². The number of rotatable bonds is 6. The lowest BCUT2D eigenvalue weighted by molar-refractivity contribution is 0.731. The van der Waals surface area contributed by atoms with E-state index in [1.165, 1.54) is 24.2 Å². The molecule has 1 aliphatic rings. The molecule has 0 atom stereocenters.